The van der Waals surface area contributed by atoms with Gasteiger partial charge in [-0.05, 0) is 18.6 Å². The number of sulfone groups is 1. The molecule has 0 bridgehead atoms. The summed E-state index contributed by atoms with van der Waals surface area (Å²) in [7, 11) is -2.92. The van der Waals surface area contributed by atoms with E-state index < -0.39 is 9.84 Å². The molecule has 1 rings (SSSR count). The normalized spacial score (nSPS) is 11.9. The lowest BCUT2D eigenvalue weighted by Gasteiger charge is -2.05. The number of H-pyrrole nitrogens is 1. The van der Waals surface area contributed by atoms with Gasteiger partial charge in [0.2, 0.25) is 0 Å². The smallest absolute Gasteiger partial charge is 0.177 e. The molecule has 0 fully saturated rings. The Hall–Kier alpha value is -0.620. The summed E-state index contributed by atoms with van der Waals surface area (Å²) in [6, 6.07) is 0. The molecule has 0 aromatic carbocycles. The monoisotopic (exact) mass is 234 g/mol. The summed E-state index contributed by atoms with van der Waals surface area (Å²) >= 11 is 5.04. The topological polar surface area (TPSA) is 54.9 Å². The number of hydrogen-bond donors (Lipinski definition) is 1. The molecular formula is C8H14N2O2S2. The van der Waals surface area contributed by atoms with E-state index in [1.807, 2.05) is 17.7 Å². The predicted molar refractivity (Wildman–Crippen MR) is 58.7 cm³/mol. The van der Waals surface area contributed by atoms with E-state index in [9.17, 15) is 8.42 Å². The zero-order valence-electron chi connectivity index (χ0n) is 8.28. The van der Waals surface area contributed by atoms with Crippen LogP contribution in [0, 0.1) is 4.77 Å². The van der Waals surface area contributed by atoms with Gasteiger partial charge in [0.05, 0.1) is 5.75 Å². The minimum Gasteiger partial charge on any atom is -0.337 e. The van der Waals surface area contributed by atoms with Crippen LogP contribution in [0.4, 0.5) is 0 Å². The fourth-order valence-electron chi connectivity index (χ4n) is 1.23. The highest BCUT2D eigenvalue weighted by molar-refractivity contribution is 7.90. The van der Waals surface area contributed by atoms with Crippen molar-refractivity contribution in [2.24, 2.45) is 0 Å². The van der Waals surface area contributed by atoms with Crippen LogP contribution in [-0.4, -0.2) is 30.0 Å². The van der Waals surface area contributed by atoms with Crippen molar-refractivity contribution in [2.75, 3.05) is 12.0 Å². The van der Waals surface area contributed by atoms with Crippen LogP contribution in [0.5, 0.6) is 0 Å². The van der Waals surface area contributed by atoms with Crippen LogP contribution in [0.3, 0.4) is 0 Å². The second kappa shape index (κ2) is 4.27. The fourth-order valence-corrected chi connectivity index (χ4v) is 2.01. The van der Waals surface area contributed by atoms with Gasteiger partial charge in [-0.25, -0.2) is 8.42 Å². The van der Waals surface area contributed by atoms with Crippen molar-refractivity contribution in [1.82, 2.24) is 9.55 Å². The maximum atomic E-state index is 11.0. The Kier molecular flexibility index (Phi) is 3.49. The molecule has 0 aliphatic rings. The number of aryl methyl sites for hydroxylation is 1. The first-order chi connectivity index (χ1) is 6.44. The van der Waals surface area contributed by atoms with Gasteiger partial charge in [0.25, 0.3) is 0 Å². The van der Waals surface area contributed by atoms with Crippen LogP contribution in [0.1, 0.15) is 12.6 Å². The largest absolute Gasteiger partial charge is 0.337 e. The third-order valence-corrected chi connectivity index (χ3v) is 3.26. The van der Waals surface area contributed by atoms with Gasteiger partial charge < -0.3 is 9.55 Å². The minimum atomic E-state index is -2.92. The average Bonchev–Trinajstić information content (AvgIpc) is 2.41. The van der Waals surface area contributed by atoms with Crippen LogP contribution in [0.2, 0.25) is 0 Å². The number of rotatable bonds is 4. The maximum absolute atomic E-state index is 11.0. The van der Waals surface area contributed by atoms with Gasteiger partial charge in [0.15, 0.2) is 4.77 Å². The molecule has 1 aromatic heterocycles. The number of aromatic amines is 1. The number of nitrogens with zero attached hydrogens (tertiary/aromatic N) is 1. The van der Waals surface area contributed by atoms with E-state index in [4.69, 9.17) is 12.2 Å². The van der Waals surface area contributed by atoms with Crippen LogP contribution in [0.25, 0.3) is 0 Å². The third kappa shape index (κ3) is 2.95. The molecule has 80 valence electrons. The quantitative estimate of drug-likeness (QED) is 0.795. The van der Waals surface area contributed by atoms with E-state index in [-0.39, 0.29) is 5.75 Å². The van der Waals surface area contributed by atoms with E-state index in [0.29, 0.717) is 11.3 Å². The molecule has 0 amide bonds. The van der Waals surface area contributed by atoms with Crippen molar-refractivity contribution in [3.63, 3.8) is 0 Å². The molecule has 1 aromatic rings. The highest BCUT2D eigenvalue weighted by Crippen LogP contribution is 2.03. The van der Waals surface area contributed by atoms with E-state index in [2.05, 4.69) is 4.98 Å². The van der Waals surface area contributed by atoms with Gasteiger partial charge in [-0.1, -0.05) is 6.92 Å². The summed E-state index contributed by atoms with van der Waals surface area (Å²) in [6.45, 7) is 2.44. The van der Waals surface area contributed by atoms with E-state index in [1.165, 1.54) is 6.26 Å². The van der Waals surface area contributed by atoms with Crippen molar-refractivity contribution in [1.29, 1.82) is 0 Å². The second-order valence-corrected chi connectivity index (χ2v) is 5.87. The van der Waals surface area contributed by atoms with E-state index >= 15 is 0 Å². The Morgan fingerprint density at radius 2 is 2.21 bits per heavy atom. The standard InChI is InChI=1S/C8H14N2O2S2/c1-3-7-6-9-8(13)10(7)4-5-14(2,11)12/h6H,3-5H2,1-2H3,(H,9,13). The summed E-state index contributed by atoms with van der Waals surface area (Å²) < 4.78 is 24.4. The molecule has 14 heavy (non-hydrogen) atoms. The van der Waals surface area contributed by atoms with Crippen molar-refractivity contribution in [3.8, 4) is 0 Å². The summed E-state index contributed by atoms with van der Waals surface area (Å²) in [5.74, 6) is 0.131. The molecule has 0 saturated carbocycles. The number of hydrogen-bond acceptors (Lipinski definition) is 3. The van der Waals surface area contributed by atoms with E-state index in [0.717, 1.165) is 12.1 Å². The van der Waals surface area contributed by atoms with Crippen LogP contribution in [-0.2, 0) is 22.8 Å². The first-order valence-electron chi connectivity index (χ1n) is 4.39. The zero-order chi connectivity index (χ0) is 10.8. The van der Waals surface area contributed by atoms with Crippen molar-refractivity contribution in [2.45, 2.75) is 19.9 Å². The summed E-state index contributed by atoms with van der Waals surface area (Å²) in [4.78, 5) is 2.91. The fraction of sp³-hybridized carbons (Fsp3) is 0.625. The minimum absolute atomic E-state index is 0.131. The summed E-state index contributed by atoms with van der Waals surface area (Å²) in [5, 5.41) is 0. The van der Waals surface area contributed by atoms with Gasteiger partial charge in [-0.2, -0.15) is 0 Å². The Morgan fingerprint density at radius 1 is 1.57 bits per heavy atom. The van der Waals surface area contributed by atoms with Crippen molar-refractivity contribution in [3.05, 3.63) is 16.7 Å². The van der Waals surface area contributed by atoms with E-state index in [1.54, 1.807) is 0 Å². The molecule has 0 radical (unpaired) electrons. The first-order valence-corrected chi connectivity index (χ1v) is 6.85. The lowest BCUT2D eigenvalue weighted by atomic mass is 10.4. The number of aromatic nitrogens is 2. The van der Waals surface area contributed by atoms with Gasteiger partial charge in [0.1, 0.15) is 9.84 Å². The molecule has 0 aliphatic heterocycles. The lowest BCUT2D eigenvalue weighted by molar-refractivity contribution is 0.592. The Labute approximate surface area is 88.9 Å². The van der Waals surface area contributed by atoms with Crippen LogP contribution in [0.15, 0.2) is 6.20 Å². The molecule has 0 unspecified atom stereocenters. The molecule has 4 nitrogen and oxygen atoms in total. The van der Waals surface area contributed by atoms with Crippen LogP contribution >= 0.6 is 12.2 Å². The van der Waals surface area contributed by atoms with Crippen molar-refractivity contribution >= 4 is 22.1 Å². The molecule has 1 N–H and O–H groups in total. The SMILES string of the molecule is CCc1c[nH]c(=S)n1CCS(C)(=O)=O. The predicted octanol–water partition coefficient (Wildman–Crippen LogP) is 1.15. The molecule has 6 heteroatoms. The van der Waals surface area contributed by atoms with Crippen molar-refractivity contribution < 1.29 is 8.42 Å². The average molecular weight is 234 g/mol. The molecule has 1 heterocycles. The molecule has 0 aliphatic carbocycles. The molecule has 0 atom stereocenters. The van der Waals surface area contributed by atoms with Crippen LogP contribution < -0.4 is 0 Å². The molecule has 0 saturated heterocycles. The molecule has 0 spiro atoms. The summed E-state index contributed by atoms with van der Waals surface area (Å²) in [6.07, 6.45) is 3.90. The Morgan fingerprint density at radius 3 is 2.71 bits per heavy atom. The third-order valence-electron chi connectivity index (χ3n) is 2.00. The van der Waals surface area contributed by atoms with Gasteiger partial charge in [0, 0.05) is 24.7 Å². The Balaban J connectivity index is 2.86. The highest BCUT2D eigenvalue weighted by Gasteiger charge is 2.06. The lowest BCUT2D eigenvalue weighted by Crippen LogP contribution is -2.12. The summed E-state index contributed by atoms with van der Waals surface area (Å²) in [5.41, 5.74) is 1.04. The second-order valence-electron chi connectivity index (χ2n) is 3.22. The number of nitrogens with one attached hydrogen (secondary N) is 1. The van der Waals surface area contributed by atoms with Gasteiger partial charge in [-0.15, -0.1) is 0 Å². The zero-order valence-corrected chi connectivity index (χ0v) is 9.91. The first kappa shape index (κ1) is 11.5. The molecular weight excluding hydrogens is 220 g/mol. The van der Waals surface area contributed by atoms with Gasteiger partial charge >= 0.3 is 0 Å². The number of imidazole rings is 1. The maximum Gasteiger partial charge on any atom is 0.177 e. The van der Waals surface area contributed by atoms with Gasteiger partial charge in [-0.3, -0.25) is 0 Å². The highest BCUT2D eigenvalue weighted by atomic mass is 32.2. The Bertz CT molecular complexity index is 456.